The fourth-order valence-corrected chi connectivity index (χ4v) is 3.77. The van der Waals surface area contributed by atoms with E-state index in [9.17, 15) is 0 Å². The molecule has 20 heavy (non-hydrogen) atoms. The lowest BCUT2D eigenvalue weighted by Crippen LogP contribution is -2.45. The van der Waals surface area contributed by atoms with Crippen LogP contribution in [0.4, 0.5) is 0 Å². The van der Waals surface area contributed by atoms with E-state index in [2.05, 4.69) is 24.1 Å². The Bertz CT molecular complexity index is 264. The van der Waals surface area contributed by atoms with Crippen molar-refractivity contribution in [1.82, 2.24) is 10.2 Å². The predicted molar refractivity (Wildman–Crippen MR) is 85.1 cm³/mol. The van der Waals surface area contributed by atoms with Crippen LogP contribution in [-0.2, 0) is 4.74 Å². The number of hydrogen-bond donors (Lipinski definition) is 1. The molecule has 3 nitrogen and oxygen atoms in total. The highest BCUT2D eigenvalue weighted by Gasteiger charge is 2.36. The second kappa shape index (κ2) is 8.35. The summed E-state index contributed by atoms with van der Waals surface area (Å²) in [7, 11) is 0. The average molecular weight is 282 g/mol. The van der Waals surface area contributed by atoms with E-state index in [-0.39, 0.29) is 0 Å². The first-order valence-corrected chi connectivity index (χ1v) is 8.79. The Morgan fingerprint density at radius 3 is 2.85 bits per heavy atom. The number of nitrogens with zero attached hydrogens (tertiary/aromatic N) is 1. The molecular formula is C17H34N2O. The fourth-order valence-electron chi connectivity index (χ4n) is 3.77. The van der Waals surface area contributed by atoms with Gasteiger partial charge in [0.2, 0.25) is 0 Å². The molecule has 0 bridgehead atoms. The van der Waals surface area contributed by atoms with Crippen molar-refractivity contribution in [2.24, 2.45) is 11.3 Å². The van der Waals surface area contributed by atoms with Gasteiger partial charge in [0.05, 0.1) is 6.61 Å². The van der Waals surface area contributed by atoms with Crippen molar-refractivity contribution in [3.8, 4) is 0 Å². The maximum atomic E-state index is 5.74. The molecule has 1 N–H and O–H groups in total. The molecule has 0 radical (unpaired) electrons. The average Bonchev–Trinajstić information content (AvgIpc) is 2.79. The summed E-state index contributed by atoms with van der Waals surface area (Å²) < 4.78 is 5.74. The van der Waals surface area contributed by atoms with Crippen LogP contribution < -0.4 is 5.32 Å². The van der Waals surface area contributed by atoms with Crippen LogP contribution in [0.15, 0.2) is 0 Å². The summed E-state index contributed by atoms with van der Waals surface area (Å²) in [6, 6.07) is 0. The van der Waals surface area contributed by atoms with Crippen LogP contribution in [-0.4, -0.2) is 50.8 Å². The molecule has 0 aromatic heterocycles. The number of nitrogens with one attached hydrogen (secondary N) is 1. The Morgan fingerprint density at radius 1 is 1.25 bits per heavy atom. The van der Waals surface area contributed by atoms with Crippen molar-refractivity contribution >= 4 is 0 Å². The smallest absolute Gasteiger partial charge is 0.0547 e. The molecule has 0 aromatic rings. The maximum absolute atomic E-state index is 5.74. The van der Waals surface area contributed by atoms with Crippen LogP contribution in [0.5, 0.6) is 0 Å². The van der Waals surface area contributed by atoms with Gasteiger partial charge >= 0.3 is 0 Å². The van der Waals surface area contributed by atoms with E-state index in [1.807, 2.05) is 0 Å². The number of ether oxygens (including phenoxy) is 1. The molecule has 0 spiro atoms. The molecule has 0 aromatic carbocycles. The van der Waals surface area contributed by atoms with Crippen LogP contribution in [0.1, 0.15) is 52.4 Å². The summed E-state index contributed by atoms with van der Waals surface area (Å²) in [6.07, 6.45) is 8.04. The van der Waals surface area contributed by atoms with Crippen molar-refractivity contribution in [3.05, 3.63) is 0 Å². The molecule has 0 aliphatic carbocycles. The molecule has 0 saturated carbocycles. The molecule has 2 fully saturated rings. The molecule has 118 valence electrons. The lowest BCUT2D eigenvalue weighted by molar-refractivity contribution is 0.109. The van der Waals surface area contributed by atoms with E-state index in [0.717, 1.165) is 32.2 Å². The zero-order valence-electron chi connectivity index (χ0n) is 13.6. The molecule has 2 aliphatic heterocycles. The standard InChI is InChI=1S/C17H34N2O/c1-3-9-18-13-17(8-12-20-15-17)14-19-10-5-6-16(4-2)7-11-19/h16,18H,3-15H2,1-2H3. The topological polar surface area (TPSA) is 24.5 Å². The predicted octanol–water partition coefficient (Wildman–Crippen LogP) is 2.90. The lowest BCUT2D eigenvalue weighted by atomic mass is 9.86. The summed E-state index contributed by atoms with van der Waals surface area (Å²) in [4.78, 5) is 2.72. The molecule has 2 saturated heterocycles. The Balaban J connectivity index is 1.84. The summed E-state index contributed by atoms with van der Waals surface area (Å²) in [5.74, 6) is 0.967. The first-order valence-electron chi connectivity index (χ1n) is 8.79. The summed E-state index contributed by atoms with van der Waals surface area (Å²) in [6.45, 7) is 12.6. The maximum Gasteiger partial charge on any atom is 0.0547 e. The SMILES string of the molecule is CCCNCC1(CN2CCCC(CC)CC2)CCOC1. The van der Waals surface area contributed by atoms with Crippen molar-refractivity contribution in [2.45, 2.75) is 52.4 Å². The Kier molecular flexibility index (Phi) is 6.79. The number of hydrogen-bond acceptors (Lipinski definition) is 3. The van der Waals surface area contributed by atoms with E-state index < -0.39 is 0 Å². The zero-order chi connectivity index (χ0) is 14.3. The van der Waals surface area contributed by atoms with Gasteiger partial charge in [-0.2, -0.15) is 0 Å². The molecule has 2 unspecified atom stereocenters. The summed E-state index contributed by atoms with van der Waals surface area (Å²) >= 11 is 0. The second-order valence-corrected chi connectivity index (χ2v) is 6.96. The van der Waals surface area contributed by atoms with Gasteiger partial charge in [0.1, 0.15) is 0 Å². The summed E-state index contributed by atoms with van der Waals surface area (Å²) in [5, 5.41) is 3.64. The highest BCUT2D eigenvalue weighted by Crippen LogP contribution is 2.31. The van der Waals surface area contributed by atoms with Crippen LogP contribution >= 0.6 is 0 Å². The van der Waals surface area contributed by atoms with Gasteiger partial charge in [-0.1, -0.05) is 20.3 Å². The minimum absolute atomic E-state index is 0.376. The third-order valence-electron chi connectivity index (χ3n) is 5.19. The van der Waals surface area contributed by atoms with Gasteiger partial charge in [-0.3, -0.25) is 0 Å². The molecule has 2 rings (SSSR count). The van der Waals surface area contributed by atoms with Gasteiger partial charge in [-0.15, -0.1) is 0 Å². The van der Waals surface area contributed by atoms with E-state index in [4.69, 9.17) is 4.74 Å². The Morgan fingerprint density at radius 2 is 2.15 bits per heavy atom. The Labute approximate surface area is 125 Å². The van der Waals surface area contributed by atoms with E-state index >= 15 is 0 Å². The van der Waals surface area contributed by atoms with Crippen LogP contribution in [0.3, 0.4) is 0 Å². The van der Waals surface area contributed by atoms with E-state index in [1.54, 1.807) is 0 Å². The third kappa shape index (κ3) is 4.71. The van der Waals surface area contributed by atoms with Crippen LogP contribution in [0.25, 0.3) is 0 Å². The molecule has 2 atom stereocenters. The van der Waals surface area contributed by atoms with Crippen LogP contribution in [0.2, 0.25) is 0 Å². The minimum atomic E-state index is 0.376. The molecule has 0 amide bonds. The fraction of sp³-hybridized carbons (Fsp3) is 1.00. The van der Waals surface area contributed by atoms with Gasteiger partial charge in [0, 0.05) is 25.1 Å². The molecular weight excluding hydrogens is 248 g/mol. The largest absolute Gasteiger partial charge is 0.381 e. The Hall–Kier alpha value is -0.120. The molecule has 2 heterocycles. The van der Waals surface area contributed by atoms with Crippen LogP contribution in [0, 0.1) is 11.3 Å². The highest BCUT2D eigenvalue weighted by atomic mass is 16.5. The van der Waals surface area contributed by atoms with Gasteiger partial charge in [-0.05, 0) is 57.7 Å². The molecule has 2 aliphatic rings. The van der Waals surface area contributed by atoms with Crippen molar-refractivity contribution < 1.29 is 4.74 Å². The monoisotopic (exact) mass is 282 g/mol. The first kappa shape index (κ1) is 16.3. The van der Waals surface area contributed by atoms with Gasteiger partial charge in [-0.25, -0.2) is 0 Å². The van der Waals surface area contributed by atoms with Gasteiger partial charge in [0.15, 0.2) is 0 Å². The van der Waals surface area contributed by atoms with E-state index in [0.29, 0.717) is 5.41 Å². The van der Waals surface area contributed by atoms with Gasteiger partial charge < -0.3 is 15.0 Å². The highest BCUT2D eigenvalue weighted by molar-refractivity contribution is 4.89. The van der Waals surface area contributed by atoms with Crippen molar-refractivity contribution in [3.63, 3.8) is 0 Å². The lowest BCUT2D eigenvalue weighted by Gasteiger charge is -2.34. The van der Waals surface area contributed by atoms with E-state index in [1.165, 1.54) is 58.2 Å². The number of rotatable bonds is 7. The number of likely N-dealkylation sites (tertiary alicyclic amines) is 1. The van der Waals surface area contributed by atoms with Crippen molar-refractivity contribution in [2.75, 3.05) is 45.9 Å². The summed E-state index contributed by atoms with van der Waals surface area (Å²) in [5.41, 5.74) is 0.376. The quantitative estimate of drug-likeness (QED) is 0.727. The first-order chi connectivity index (χ1) is 9.78. The normalized spacial score (nSPS) is 32.4. The second-order valence-electron chi connectivity index (χ2n) is 6.96. The minimum Gasteiger partial charge on any atom is -0.381 e. The molecule has 3 heteroatoms. The zero-order valence-corrected chi connectivity index (χ0v) is 13.6. The third-order valence-corrected chi connectivity index (χ3v) is 5.19. The van der Waals surface area contributed by atoms with Gasteiger partial charge in [0.25, 0.3) is 0 Å². The van der Waals surface area contributed by atoms with Crippen molar-refractivity contribution in [1.29, 1.82) is 0 Å².